The van der Waals surface area contributed by atoms with Gasteiger partial charge in [0.1, 0.15) is 22.8 Å². The SMILES string of the molecule is CC(Nc1cc(F)c(S(=O)(=O)N(C(=O)O)c2cscn2)cc1Cl)c1cc(C=O)ccc1F. The van der Waals surface area contributed by atoms with Crippen LogP contribution in [-0.2, 0) is 10.0 Å². The molecule has 13 heteroatoms. The van der Waals surface area contributed by atoms with Crippen molar-refractivity contribution >= 4 is 56.8 Å². The van der Waals surface area contributed by atoms with Crippen LogP contribution in [0, 0.1) is 11.6 Å². The number of sulfonamides is 1. The Kier molecular flexibility index (Phi) is 6.77. The topological polar surface area (TPSA) is 117 Å². The third-order valence-corrected chi connectivity index (χ3v) is 6.91. The van der Waals surface area contributed by atoms with E-state index < -0.39 is 44.5 Å². The highest BCUT2D eigenvalue weighted by molar-refractivity contribution is 7.93. The number of halogens is 3. The zero-order valence-corrected chi connectivity index (χ0v) is 18.5. The van der Waals surface area contributed by atoms with Crippen molar-refractivity contribution in [3.05, 3.63) is 69.0 Å². The molecule has 1 aromatic heterocycles. The molecule has 0 spiro atoms. The minimum Gasteiger partial charge on any atom is -0.464 e. The van der Waals surface area contributed by atoms with Gasteiger partial charge in [0.2, 0.25) is 0 Å². The molecule has 1 heterocycles. The first kappa shape index (κ1) is 23.6. The molecule has 8 nitrogen and oxygen atoms in total. The first-order valence-electron chi connectivity index (χ1n) is 8.73. The quantitative estimate of drug-likeness (QED) is 0.441. The second kappa shape index (κ2) is 9.18. The van der Waals surface area contributed by atoms with E-state index in [-0.39, 0.29) is 26.1 Å². The van der Waals surface area contributed by atoms with Crippen molar-refractivity contribution in [3.63, 3.8) is 0 Å². The molecule has 3 aromatic rings. The average molecular weight is 502 g/mol. The molecule has 0 radical (unpaired) electrons. The van der Waals surface area contributed by atoms with E-state index in [4.69, 9.17) is 11.6 Å². The van der Waals surface area contributed by atoms with Crippen LogP contribution in [0.5, 0.6) is 0 Å². The smallest absolute Gasteiger partial charge is 0.427 e. The van der Waals surface area contributed by atoms with Gasteiger partial charge in [-0.15, -0.1) is 15.6 Å². The van der Waals surface area contributed by atoms with E-state index in [0.29, 0.717) is 6.29 Å². The van der Waals surface area contributed by atoms with Gasteiger partial charge in [-0.05, 0) is 37.3 Å². The number of carboxylic acid groups (broad SMARTS) is 1. The van der Waals surface area contributed by atoms with E-state index in [9.17, 15) is 31.9 Å². The molecule has 0 fully saturated rings. The second-order valence-corrected chi connectivity index (χ2v) is 9.31. The Morgan fingerprint density at radius 1 is 1.28 bits per heavy atom. The van der Waals surface area contributed by atoms with Crippen LogP contribution in [0.2, 0.25) is 5.02 Å². The first-order valence-corrected chi connectivity index (χ1v) is 11.5. The number of carbonyl (C=O) groups excluding carboxylic acids is 1. The van der Waals surface area contributed by atoms with Gasteiger partial charge in [-0.3, -0.25) is 4.79 Å². The predicted octanol–water partition coefficient (Wildman–Crippen LogP) is 4.93. The number of thiazole rings is 1. The molecule has 0 aliphatic heterocycles. The Morgan fingerprint density at radius 2 is 2.00 bits per heavy atom. The number of hydrogen-bond acceptors (Lipinski definition) is 7. The molecule has 0 bridgehead atoms. The van der Waals surface area contributed by atoms with Crippen molar-refractivity contribution in [3.8, 4) is 0 Å². The molecule has 0 saturated carbocycles. The minimum atomic E-state index is -4.90. The fraction of sp³-hybridized carbons (Fsp3) is 0.105. The summed E-state index contributed by atoms with van der Waals surface area (Å²) in [7, 11) is -4.90. The molecule has 1 unspecified atom stereocenters. The lowest BCUT2D eigenvalue weighted by atomic mass is 10.0. The van der Waals surface area contributed by atoms with Gasteiger partial charge in [0, 0.05) is 16.5 Å². The largest absolute Gasteiger partial charge is 0.464 e. The van der Waals surface area contributed by atoms with Crippen molar-refractivity contribution in [1.82, 2.24) is 4.98 Å². The molecular weight excluding hydrogens is 488 g/mol. The van der Waals surface area contributed by atoms with Crippen LogP contribution in [-0.4, -0.2) is 30.9 Å². The number of aldehydes is 1. The van der Waals surface area contributed by atoms with E-state index >= 15 is 0 Å². The maximum atomic E-state index is 14.8. The molecule has 0 saturated heterocycles. The van der Waals surface area contributed by atoms with Gasteiger partial charge in [0.05, 0.1) is 22.3 Å². The number of nitrogens with one attached hydrogen (secondary N) is 1. The molecule has 2 N–H and O–H groups in total. The van der Waals surface area contributed by atoms with Crippen molar-refractivity contribution < 1.29 is 31.9 Å². The summed E-state index contributed by atoms with van der Waals surface area (Å²) in [6, 6.07) is 4.44. The highest BCUT2D eigenvalue weighted by Crippen LogP contribution is 2.34. The summed E-state index contributed by atoms with van der Waals surface area (Å²) in [6.45, 7) is 1.53. The van der Waals surface area contributed by atoms with Gasteiger partial charge in [-0.1, -0.05) is 11.6 Å². The van der Waals surface area contributed by atoms with Crippen molar-refractivity contribution in [2.75, 3.05) is 9.62 Å². The van der Waals surface area contributed by atoms with Crippen LogP contribution < -0.4 is 9.62 Å². The minimum absolute atomic E-state index is 0.0612. The van der Waals surface area contributed by atoms with Gasteiger partial charge < -0.3 is 10.4 Å². The lowest BCUT2D eigenvalue weighted by molar-refractivity contribution is 0.112. The Hall–Kier alpha value is -3.09. The zero-order valence-electron chi connectivity index (χ0n) is 16.1. The predicted molar refractivity (Wildman–Crippen MR) is 115 cm³/mol. The van der Waals surface area contributed by atoms with Gasteiger partial charge in [0.15, 0.2) is 5.82 Å². The maximum absolute atomic E-state index is 14.8. The van der Waals surface area contributed by atoms with Crippen molar-refractivity contribution in [2.45, 2.75) is 17.9 Å². The number of benzene rings is 2. The number of anilines is 2. The fourth-order valence-corrected chi connectivity index (χ4v) is 5.03. The van der Waals surface area contributed by atoms with Crippen LogP contribution in [0.3, 0.4) is 0 Å². The van der Waals surface area contributed by atoms with Gasteiger partial charge in [-0.2, -0.15) is 0 Å². The molecular formula is C19H14ClF2N3O5S2. The van der Waals surface area contributed by atoms with Crippen molar-refractivity contribution in [1.29, 1.82) is 0 Å². The van der Waals surface area contributed by atoms with Crippen molar-refractivity contribution in [2.24, 2.45) is 0 Å². The number of amides is 1. The third-order valence-electron chi connectivity index (χ3n) is 4.34. The Labute approximate surface area is 190 Å². The zero-order chi connectivity index (χ0) is 23.6. The molecule has 1 amide bonds. The number of nitrogens with zero attached hydrogens (tertiary/aromatic N) is 2. The Morgan fingerprint density at radius 3 is 2.59 bits per heavy atom. The molecule has 3 rings (SSSR count). The summed E-state index contributed by atoms with van der Waals surface area (Å²) in [4.78, 5) is 25.2. The fourth-order valence-electron chi connectivity index (χ4n) is 2.84. The number of hydrogen-bond donors (Lipinski definition) is 2. The normalized spacial score (nSPS) is 12.2. The van der Waals surface area contributed by atoms with Crippen LogP contribution in [0.4, 0.5) is 25.1 Å². The van der Waals surface area contributed by atoms with Gasteiger partial charge in [-0.25, -0.2) is 27.0 Å². The van der Waals surface area contributed by atoms with E-state index in [2.05, 4.69) is 10.3 Å². The highest BCUT2D eigenvalue weighted by atomic mass is 35.5. The first-order chi connectivity index (χ1) is 15.1. The van der Waals surface area contributed by atoms with E-state index in [1.165, 1.54) is 29.9 Å². The van der Waals surface area contributed by atoms with Crippen LogP contribution in [0.1, 0.15) is 28.9 Å². The summed E-state index contributed by atoms with van der Waals surface area (Å²) in [5.41, 5.74) is 1.48. The number of aromatic nitrogens is 1. The van der Waals surface area contributed by atoms with Crippen LogP contribution >= 0.6 is 22.9 Å². The summed E-state index contributed by atoms with van der Waals surface area (Å²) in [5, 5.41) is 13.0. The average Bonchev–Trinajstić information content (AvgIpc) is 3.24. The lowest BCUT2D eigenvalue weighted by Crippen LogP contribution is -2.36. The van der Waals surface area contributed by atoms with Crippen LogP contribution in [0.25, 0.3) is 0 Å². The standard InChI is InChI=1S/C19H14ClF2N3O5S2/c1-10(12-4-11(7-26)2-3-14(12)21)24-16-6-15(22)17(5-13(16)20)32(29,30)25(19(27)28)18-8-31-9-23-18/h2-10,24H,1H3,(H,27,28). The summed E-state index contributed by atoms with van der Waals surface area (Å²) in [5.74, 6) is -2.32. The molecule has 1 atom stereocenters. The third kappa shape index (κ3) is 4.56. The molecule has 0 aliphatic rings. The van der Waals surface area contributed by atoms with E-state index in [1.807, 2.05) is 0 Å². The maximum Gasteiger partial charge on any atom is 0.427 e. The molecule has 0 aliphatic carbocycles. The number of carbonyl (C=O) groups is 2. The lowest BCUT2D eigenvalue weighted by Gasteiger charge is -2.20. The van der Waals surface area contributed by atoms with Gasteiger partial charge >= 0.3 is 6.09 Å². The highest BCUT2D eigenvalue weighted by Gasteiger charge is 2.35. The summed E-state index contributed by atoms with van der Waals surface area (Å²) in [6.07, 6.45) is -1.34. The summed E-state index contributed by atoms with van der Waals surface area (Å²) >= 11 is 7.08. The Balaban J connectivity index is 1.98. The number of rotatable bonds is 7. The Bertz CT molecular complexity index is 1290. The van der Waals surface area contributed by atoms with Crippen LogP contribution in [0.15, 0.2) is 46.1 Å². The molecule has 32 heavy (non-hydrogen) atoms. The second-order valence-electron chi connectivity index (χ2n) is 6.43. The summed E-state index contributed by atoms with van der Waals surface area (Å²) < 4.78 is 54.5. The van der Waals surface area contributed by atoms with Gasteiger partial charge in [0.25, 0.3) is 10.0 Å². The molecule has 168 valence electrons. The molecule has 2 aromatic carbocycles. The van der Waals surface area contributed by atoms with E-state index in [1.54, 1.807) is 0 Å². The monoisotopic (exact) mass is 501 g/mol. The van der Waals surface area contributed by atoms with E-state index in [0.717, 1.165) is 29.5 Å².